The van der Waals surface area contributed by atoms with Crippen molar-refractivity contribution in [3.63, 3.8) is 0 Å². The van der Waals surface area contributed by atoms with Crippen molar-refractivity contribution in [1.29, 1.82) is 0 Å². The lowest BCUT2D eigenvalue weighted by Gasteiger charge is -2.26. The third kappa shape index (κ3) is 2.89. The van der Waals surface area contributed by atoms with Crippen LogP contribution in [-0.2, 0) is 5.92 Å². The minimum Gasteiger partial charge on any atom is -0.393 e. The summed E-state index contributed by atoms with van der Waals surface area (Å²) < 4.78 is 27.0. The van der Waals surface area contributed by atoms with E-state index in [0.29, 0.717) is 5.92 Å². The van der Waals surface area contributed by atoms with Gasteiger partial charge in [0.25, 0.3) is 5.92 Å². The fourth-order valence-electron chi connectivity index (χ4n) is 2.61. The van der Waals surface area contributed by atoms with Gasteiger partial charge in [-0.05, 0) is 37.2 Å². The Balaban J connectivity index is 2.08. The van der Waals surface area contributed by atoms with Gasteiger partial charge in [-0.1, -0.05) is 31.2 Å². The standard InChI is InChI=1S/C15H20F2O/c1-2-15(16,17)13-7-3-11(4-8-13)12-5-9-14(18)10-6-12/h3-4,7-8,12,14,18H,2,5-6,9-10H2,1H3. The van der Waals surface area contributed by atoms with Crippen LogP contribution in [0.4, 0.5) is 8.78 Å². The van der Waals surface area contributed by atoms with Gasteiger partial charge in [-0.25, -0.2) is 8.78 Å². The molecule has 0 atom stereocenters. The molecule has 3 heteroatoms. The molecule has 0 amide bonds. The maximum absolute atomic E-state index is 13.5. The number of rotatable bonds is 3. The van der Waals surface area contributed by atoms with Crippen molar-refractivity contribution in [2.45, 2.75) is 57.0 Å². The van der Waals surface area contributed by atoms with Crippen LogP contribution in [0.1, 0.15) is 56.1 Å². The summed E-state index contributed by atoms with van der Waals surface area (Å²) in [6.45, 7) is 1.50. The second kappa shape index (κ2) is 5.35. The molecule has 2 rings (SSSR count). The monoisotopic (exact) mass is 254 g/mol. The summed E-state index contributed by atoms with van der Waals surface area (Å²) in [7, 11) is 0. The molecule has 1 aliphatic carbocycles. The molecule has 0 saturated heterocycles. The van der Waals surface area contributed by atoms with Gasteiger partial charge < -0.3 is 5.11 Å². The lowest BCUT2D eigenvalue weighted by atomic mass is 9.82. The minimum atomic E-state index is -2.72. The van der Waals surface area contributed by atoms with Crippen LogP contribution in [0.25, 0.3) is 0 Å². The van der Waals surface area contributed by atoms with E-state index in [0.717, 1.165) is 31.2 Å². The fraction of sp³-hybridized carbons (Fsp3) is 0.600. The molecule has 1 N–H and O–H groups in total. The number of hydrogen-bond donors (Lipinski definition) is 1. The number of benzene rings is 1. The molecule has 1 fully saturated rings. The highest BCUT2D eigenvalue weighted by Crippen LogP contribution is 2.35. The molecular formula is C15H20F2O. The SMILES string of the molecule is CCC(F)(F)c1ccc(C2CCC(O)CC2)cc1. The summed E-state index contributed by atoms with van der Waals surface area (Å²) in [5.74, 6) is -2.31. The van der Waals surface area contributed by atoms with Crippen LogP contribution in [0, 0.1) is 0 Å². The maximum atomic E-state index is 13.5. The molecule has 1 nitrogen and oxygen atoms in total. The van der Waals surface area contributed by atoms with Gasteiger partial charge >= 0.3 is 0 Å². The van der Waals surface area contributed by atoms with E-state index >= 15 is 0 Å². The first-order valence-corrected chi connectivity index (χ1v) is 6.69. The molecule has 0 unspecified atom stereocenters. The van der Waals surface area contributed by atoms with Crippen molar-refractivity contribution in [2.75, 3.05) is 0 Å². The minimum absolute atomic E-state index is 0.101. The lowest BCUT2D eigenvalue weighted by molar-refractivity contribution is -0.00830. The van der Waals surface area contributed by atoms with Crippen LogP contribution in [0.5, 0.6) is 0 Å². The van der Waals surface area contributed by atoms with Gasteiger partial charge in [0.15, 0.2) is 0 Å². The Bertz CT molecular complexity index is 378. The van der Waals surface area contributed by atoms with E-state index in [1.54, 1.807) is 12.1 Å². The molecule has 0 heterocycles. The van der Waals surface area contributed by atoms with Gasteiger partial charge in [0, 0.05) is 12.0 Å². The maximum Gasteiger partial charge on any atom is 0.273 e. The molecule has 0 aliphatic heterocycles. The first-order chi connectivity index (χ1) is 8.53. The Hall–Kier alpha value is -0.960. The number of alkyl halides is 2. The highest BCUT2D eigenvalue weighted by Gasteiger charge is 2.29. The van der Waals surface area contributed by atoms with Gasteiger partial charge in [-0.3, -0.25) is 0 Å². The average Bonchev–Trinajstić information content (AvgIpc) is 2.40. The molecule has 0 aromatic heterocycles. The zero-order valence-electron chi connectivity index (χ0n) is 10.7. The second-order valence-electron chi connectivity index (χ2n) is 5.19. The van der Waals surface area contributed by atoms with Crippen LogP contribution in [0.2, 0.25) is 0 Å². The Morgan fingerprint density at radius 1 is 1.11 bits per heavy atom. The molecule has 18 heavy (non-hydrogen) atoms. The lowest BCUT2D eigenvalue weighted by Crippen LogP contribution is -2.17. The molecular weight excluding hydrogens is 234 g/mol. The second-order valence-corrected chi connectivity index (χ2v) is 5.19. The van der Waals surface area contributed by atoms with Gasteiger partial charge in [-0.15, -0.1) is 0 Å². The quantitative estimate of drug-likeness (QED) is 0.856. The Kier molecular flexibility index (Phi) is 4.00. The molecule has 1 aliphatic rings. The van der Waals surface area contributed by atoms with Crippen molar-refractivity contribution in [3.05, 3.63) is 35.4 Å². The van der Waals surface area contributed by atoms with Gasteiger partial charge in [0.2, 0.25) is 0 Å². The highest BCUT2D eigenvalue weighted by molar-refractivity contribution is 5.28. The van der Waals surface area contributed by atoms with Crippen molar-refractivity contribution >= 4 is 0 Å². The summed E-state index contributed by atoms with van der Waals surface area (Å²) in [6.07, 6.45) is 3.19. The largest absolute Gasteiger partial charge is 0.393 e. The Labute approximate surface area is 107 Å². The van der Waals surface area contributed by atoms with Gasteiger partial charge in [0.1, 0.15) is 0 Å². The zero-order valence-corrected chi connectivity index (χ0v) is 10.7. The van der Waals surface area contributed by atoms with Crippen molar-refractivity contribution in [3.8, 4) is 0 Å². The highest BCUT2D eigenvalue weighted by atomic mass is 19.3. The third-order valence-corrected chi connectivity index (χ3v) is 3.95. The van der Waals surface area contributed by atoms with Crippen molar-refractivity contribution < 1.29 is 13.9 Å². The molecule has 0 spiro atoms. The first kappa shape index (κ1) is 13.5. The molecule has 1 aromatic carbocycles. The predicted molar refractivity (Wildman–Crippen MR) is 67.8 cm³/mol. The number of halogens is 2. The Morgan fingerprint density at radius 2 is 1.67 bits per heavy atom. The Morgan fingerprint density at radius 3 is 2.17 bits per heavy atom. The van der Waals surface area contributed by atoms with E-state index < -0.39 is 5.92 Å². The number of aliphatic hydroxyl groups excluding tert-OH is 1. The zero-order chi connectivity index (χ0) is 13.2. The normalized spacial score (nSPS) is 25.1. The fourth-order valence-corrected chi connectivity index (χ4v) is 2.61. The molecule has 0 bridgehead atoms. The first-order valence-electron chi connectivity index (χ1n) is 6.69. The van der Waals surface area contributed by atoms with Crippen LogP contribution in [0.3, 0.4) is 0 Å². The van der Waals surface area contributed by atoms with E-state index in [9.17, 15) is 13.9 Å². The molecule has 100 valence electrons. The molecule has 1 aromatic rings. The van der Waals surface area contributed by atoms with E-state index in [1.165, 1.54) is 6.92 Å². The van der Waals surface area contributed by atoms with Crippen molar-refractivity contribution in [1.82, 2.24) is 0 Å². The molecule has 1 saturated carbocycles. The van der Waals surface area contributed by atoms with Gasteiger partial charge in [0.05, 0.1) is 6.10 Å². The summed E-state index contributed by atoms with van der Waals surface area (Å²) in [4.78, 5) is 0. The summed E-state index contributed by atoms with van der Waals surface area (Å²) in [5.41, 5.74) is 1.22. The summed E-state index contributed by atoms with van der Waals surface area (Å²) >= 11 is 0. The number of aliphatic hydroxyl groups is 1. The number of hydrogen-bond acceptors (Lipinski definition) is 1. The van der Waals surface area contributed by atoms with E-state index in [-0.39, 0.29) is 18.1 Å². The van der Waals surface area contributed by atoms with E-state index in [4.69, 9.17) is 0 Å². The van der Waals surface area contributed by atoms with E-state index in [1.807, 2.05) is 12.1 Å². The van der Waals surface area contributed by atoms with Crippen molar-refractivity contribution in [2.24, 2.45) is 0 Å². The predicted octanol–water partition coefficient (Wildman–Crippen LogP) is 4.21. The van der Waals surface area contributed by atoms with Gasteiger partial charge in [-0.2, -0.15) is 0 Å². The van der Waals surface area contributed by atoms with Crippen LogP contribution in [-0.4, -0.2) is 11.2 Å². The summed E-state index contributed by atoms with van der Waals surface area (Å²) in [6, 6.07) is 6.73. The van der Waals surface area contributed by atoms with E-state index in [2.05, 4.69) is 0 Å². The smallest absolute Gasteiger partial charge is 0.273 e. The van der Waals surface area contributed by atoms with Crippen LogP contribution < -0.4 is 0 Å². The van der Waals surface area contributed by atoms with Crippen LogP contribution in [0.15, 0.2) is 24.3 Å². The topological polar surface area (TPSA) is 20.2 Å². The average molecular weight is 254 g/mol. The summed E-state index contributed by atoms with van der Waals surface area (Å²) in [5, 5.41) is 9.46. The molecule has 0 radical (unpaired) electrons. The third-order valence-electron chi connectivity index (χ3n) is 3.95. The van der Waals surface area contributed by atoms with Crippen LogP contribution >= 0.6 is 0 Å².